The minimum Gasteiger partial charge on any atom is -0.340 e. The van der Waals surface area contributed by atoms with Crippen molar-refractivity contribution in [1.82, 2.24) is 14.8 Å². The summed E-state index contributed by atoms with van der Waals surface area (Å²) in [7, 11) is 0. The first-order valence-electron chi connectivity index (χ1n) is 7.71. The third-order valence-electron chi connectivity index (χ3n) is 3.83. The Morgan fingerprint density at radius 2 is 2.14 bits per heavy atom. The minimum atomic E-state index is 0.191. The van der Waals surface area contributed by atoms with Crippen LogP contribution in [-0.2, 0) is 11.3 Å². The average Bonchev–Trinajstić information content (AvgIpc) is 2.84. The maximum absolute atomic E-state index is 12.1. The molecule has 0 radical (unpaired) electrons. The number of thiazole rings is 1. The van der Waals surface area contributed by atoms with Crippen LogP contribution >= 0.6 is 11.3 Å². The summed E-state index contributed by atoms with van der Waals surface area (Å²) in [6.45, 7) is 8.47. The second-order valence-electron chi connectivity index (χ2n) is 5.88. The summed E-state index contributed by atoms with van der Waals surface area (Å²) < 4.78 is 0. The van der Waals surface area contributed by atoms with Crippen LogP contribution in [0.2, 0.25) is 0 Å². The van der Waals surface area contributed by atoms with Gasteiger partial charge in [0.2, 0.25) is 5.91 Å². The summed E-state index contributed by atoms with van der Waals surface area (Å²) >= 11 is 1.70. The number of rotatable bonds is 6. The first-order valence-corrected chi connectivity index (χ1v) is 8.59. The van der Waals surface area contributed by atoms with Gasteiger partial charge in [0.25, 0.3) is 0 Å². The van der Waals surface area contributed by atoms with Gasteiger partial charge in [0.15, 0.2) is 0 Å². The van der Waals surface area contributed by atoms with Crippen molar-refractivity contribution in [3.8, 4) is 0 Å². The number of hydrogen-bond acceptors (Lipinski definition) is 5. The normalized spacial score (nSPS) is 18.0. The van der Waals surface area contributed by atoms with Crippen molar-refractivity contribution in [3.63, 3.8) is 0 Å². The number of nitrogens with two attached hydrogens (primary N) is 1. The fourth-order valence-electron chi connectivity index (χ4n) is 2.60. The third kappa shape index (κ3) is 5.37. The molecule has 2 N–H and O–H groups in total. The maximum atomic E-state index is 12.1. The molecule has 1 fully saturated rings. The highest BCUT2D eigenvalue weighted by Crippen LogP contribution is 2.13. The molecule has 0 aromatic carbocycles. The molecule has 21 heavy (non-hydrogen) atoms. The van der Waals surface area contributed by atoms with Crippen molar-refractivity contribution in [3.05, 3.63) is 16.1 Å². The SMILES string of the molecule is Cc1nc(CN2CCN(C(=O)CCCC(C)N)CC2)cs1. The van der Waals surface area contributed by atoms with Gasteiger partial charge in [-0.1, -0.05) is 0 Å². The quantitative estimate of drug-likeness (QED) is 0.867. The van der Waals surface area contributed by atoms with E-state index in [9.17, 15) is 4.79 Å². The van der Waals surface area contributed by atoms with Gasteiger partial charge in [-0.15, -0.1) is 11.3 Å². The molecule has 0 bridgehead atoms. The fourth-order valence-corrected chi connectivity index (χ4v) is 3.20. The lowest BCUT2D eigenvalue weighted by Crippen LogP contribution is -2.48. The molecule has 1 atom stereocenters. The molecule has 0 aliphatic carbocycles. The highest BCUT2D eigenvalue weighted by atomic mass is 32.1. The molecule has 1 aliphatic rings. The molecule has 0 spiro atoms. The van der Waals surface area contributed by atoms with Crippen LogP contribution in [0.25, 0.3) is 0 Å². The Kier molecular flexibility index (Phi) is 6.14. The molecule has 2 heterocycles. The van der Waals surface area contributed by atoms with Gasteiger partial charge in [-0.25, -0.2) is 4.98 Å². The lowest BCUT2D eigenvalue weighted by molar-refractivity contribution is -0.133. The molecule has 118 valence electrons. The Morgan fingerprint density at radius 1 is 1.43 bits per heavy atom. The van der Waals surface area contributed by atoms with Gasteiger partial charge in [0.05, 0.1) is 10.7 Å². The van der Waals surface area contributed by atoms with Gasteiger partial charge in [-0.05, 0) is 26.7 Å². The van der Waals surface area contributed by atoms with Crippen molar-refractivity contribution < 1.29 is 4.79 Å². The Hall–Kier alpha value is -0.980. The Bertz CT molecular complexity index is 452. The molecule has 1 aliphatic heterocycles. The Labute approximate surface area is 131 Å². The number of carbonyl (C=O) groups is 1. The standard InChI is InChI=1S/C15H26N4OS/c1-12(16)4-3-5-15(20)19-8-6-18(7-9-19)10-14-11-21-13(2)17-14/h11-12H,3-10,16H2,1-2H3. The summed E-state index contributed by atoms with van der Waals surface area (Å²) in [4.78, 5) is 21.0. The van der Waals surface area contributed by atoms with Crippen molar-refractivity contribution in [2.75, 3.05) is 26.2 Å². The van der Waals surface area contributed by atoms with Gasteiger partial charge in [-0.3, -0.25) is 9.69 Å². The van der Waals surface area contributed by atoms with Gasteiger partial charge in [0, 0.05) is 50.6 Å². The Morgan fingerprint density at radius 3 is 2.71 bits per heavy atom. The predicted molar refractivity (Wildman–Crippen MR) is 86.2 cm³/mol. The van der Waals surface area contributed by atoms with E-state index in [4.69, 9.17) is 5.73 Å². The smallest absolute Gasteiger partial charge is 0.222 e. The second-order valence-corrected chi connectivity index (χ2v) is 6.95. The lowest BCUT2D eigenvalue weighted by atomic mass is 10.1. The molecule has 1 amide bonds. The van der Waals surface area contributed by atoms with E-state index in [-0.39, 0.29) is 11.9 Å². The molecule has 1 aromatic heterocycles. The number of nitrogens with zero attached hydrogens (tertiary/aromatic N) is 3. The molecule has 6 heteroatoms. The largest absolute Gasteiger partial charge is 0.340 e. The summed E-state index contributed by atoms with van der Waals surface area (Å²) in [6.07, 6.45) is 2.45. The lowest BCUT2D eigenvalue weighted by Gasteiger charge is -2.34. The van der Waals surface area contributed by atoms with Crippen molar-refractivity contribution in [1.29, 1.82) is 0 Å². The molecule has 2 rings (SSSR count). The van der Waals surface area contributed by atoms with Crippen LogP contribution in [0.4, 0.5) is 0 Å². The van der Waals surface area contributed by atoms with Crippen LogP contribution in [0.5, 0.6) is 0 Å². The van der Waals surface area contributed by atoms with E-state index in [1.807, 2.05) is 18.7 Å². The van der Waals surface area contributed by atoms with Crippen LogP contribution in [0.3, 0.4) is 0 Å². The number of hydrogen-bond donors (Lipinski definition) is 1. The summed E-state index contributed by atoms with van der Waals surface area (Å²) in [5.41, 5.74) is 6.86. The van der Waals surface area contributed by atoms with Crippen LogP contribution in [-0.4, -0.2) is 52.9 Å². The number of aryl methyl sites for hydroxylation is 1. The molecule has 5 nitrogen and oxygen atoms in total. The first kappa shape index (κ1) is 16.4. The monoisotopic (exact) mass is 310 g/mol. The van der Waals surface area contributed by atoms with E-state index in [2.05, 4.69) is 15.3 Å². The van der Waals surface area contributed by atoms with Crippen molar-refractivity contribution in [2.45, 2.75) is 45.7 Å². The zero-order chi connectivity index (χ0) is 15.2. The van der Waals surface area contributed by atoms with Gasteiger partial charge in [-0.2, -0.15) is 0 Å². The molecular weight excluding hydrogens is 284 g/mol. The molecule has 1 aromatic rings. The molecule has 0 saturated carbocycles. The summed E-state index contributed by atoms with van der Waals surface area (Å²) in [5.74, 6) is 0.278. The molecule has 1 saturated heterocycles. The van der Waals surface area contributed by atoms with Crippen LogP contribution < -0.4 is 5.73 Å². The third-order valence-corrected chi connectivity index (χ3v) is 4.65. The highest BCUT2D eigenvalue weighted by molar-refractivity contribution is 7.09. The van der Waals surface area contributed by atoms with Gasteiger partial charge < -0.3 is 10.6 Å². The van der Waals surface area contributed by atoms with Crippen LogP contribution in [0, 0.1) is 6.92 Å². The summed E-state index contributed by atoms with van der Waals surface area (Å²) in [6, 6.07) is 0.191. The minimum absolute atomic E-state index is 0.191. The molecular formula is C15H26N4OS. The van der Waals surface area contributed by atoms with Crippen LogP contribution in [0.1, 0.15) is 36.9 Å². The highest BCUT2D eigenvalue weighted by Gasteiger charge is 2.21. The van der Waals surface area contributed by atoms with Crippen LogP contribution in [0.15, 0.2) is 5.38 Å². The van der Waals surface area contributed by atoms with E-state index in [0.29, 0.717) is 6.42 Å². The van der Waals surface area contributed by atoms with E-state index in [0.717, 1.165) is 56.3 Å². The number of piperazine rings is 1. The second kappa shape index (κ2) is 7.87. The Balaban J connectivity index is 1.69. The zero-order valence-electron chi connectivity index (χ0n) is 13.0. The number of carbonyl (C=O) groups excluding carboxylic acids is 1. The average molecular weight is 310 g/mol. The predicted octanol–water partition coefficient (Wildman–Crippen LogP) is 1.61. The fraction of sp³-hybridized carbons (Fsp3) is 0.733. The number of amides is 1. The van der Waals surface area contributed by atoms with E-state index < -0.39 is 0 Å². The zero-order valence-corrected chi connectivity index (χ0v) is 13.9. The molecule has 1 unspecified atom stereocenters. The topological polar surface area (TPSA) is 62.5 Å². The summed E-state index contributed by atoms with van der Waals surface area (Å²) in [5, 5.41) is 3.24. The first-order chi connectivity index (χ1) is 10.0. The number of aromatic nitrogens is 1. The van der Waals surface area contributed by atoms with E-state index in [1.54, 1.807) is 11.3 Å². The van der Waals surface area contributed by atoms with Gasteiger partial charge in [0.1, 0.15) is 0 Å². The maximum Gasteiger partial charge on any atom is 0.222 e. The van der Waals surface area contributed by atoms with Gasteiger partial charge >= 0.3 is 0 Å². The van der Waals surface area contributed by atoms with E-state index >= 15 is 0 Å². The van der Waals surface area contributed by atoms with Crippen molar-refractivity contribution >= 4 is 17.2 Å². The van der Waals surface area contributed by atoms with E-state index in [1.165, 1.54) is 0 Å². The van der Waals surface area contributed by atoms with Crippen molar-refractivity contribution in [2.24, 2.45) is 5.73 Å².